The molecule has 0 aromatic carbocycles. The van der Waals surface area contributed by atoms with E-state index in [1.165, 1.54) is 0 Å². The molecule has 0 amide bonds. The summed E-state index contributed by atoms with van der Waals surface area (Å²) < 4.78 is 39.9. The maximum Gasteiger partial charge on any atom is 0.401 e. The second-order valence-electron chi connectivity index (χ2n) is 4.53. The summed E-state index contributed by atoms with van der Waals surface area (Å²) in [6, 6.07) is 0. The zero-order valence-electron chi connectivity index (χ0n) is 11.7. The highest BCUT2D eigenvalue weighted by molar-refractivity contribution is 9.10. The maximum absolute atomic E-state index is 12.5. The van der Waals surface area contributed by atoms with Crippen LogP contribution in [0, 0.1) is 0 Å². The molecule has 0 spiro atoms. The van der Waals surface area contributed by atoms with Crippen LogP contribution >= 0.6 is 15.9 Å². The van der Waals surface area contributed by atoms with E-state index in [0.717, 1.165) is 10.6 Å². The first kappa shape index (κ1) is 18.0. The molecule has 0 atom stereocenters. The molecule has 21 heavy (non-hydrogen) atoms. The highest BCUT2D eigenvalue weighted by Crippen LogP contribution is 2.25. The minimum Gasteiger partial charge on any atom is -0.480 e. The van der Waals surface area contributed by atoms with Gasteiger partial charge in [-0.25, -0.2) is 0 Å². The van der Waals surface area contributed by atoms with Crippen LogP contribution in [0.3, 0.4) is 0 Å². The van der Waals surface area contributed by atoms with E-state index in [2.05, 4.69) is 21.0 Å². The van der Waals surface area contributed by atoms with Crippen LogP contribution < -0.4 is 0 Å². The molecule has 120 valence electrons. The number of carbonyl (C=O) groups is 1. The van der Waals surface area contributed by atoms with E-state index in [0.29, 0.717) is 23.1 Å². The van der Waals surface area contributed by atoms with Gasteiger partial charge in [-0.15, -0.1) is 0 Å². The van der Waals surface area contributed by atoms with E-state index in [4.69, 9.17) is 5.11 Å². The molecule has 0 aliphatic rings. The largest absolute Gasteiger partial charge is 0.480 e. The molecule has 1 rings (SSSR count). The average molecular weight is 372 g/mol. The lowest BCUT2D eigenvalue weighted by Crippen LogP contribution is -2.38. The molecular weight excluding hydrogens is 355 g/mol. The number of aromatic nitrogens is 2. The molecule has 0 bridgehead atoms. The minimum absolute atomic E-state index is 0.132. The molecule has 1 heterocycles. The lowest BCUT2D eigenvalue weighted by atomic mass is 10.3. The van der Waals surface area contributed by atoms with Crippen LogP contribution in [0.15, 0.2) is 4.47 Å². The van der Waals surface area contributed by atoms with Gasteiger partial charge in [0.2, 0.25) is 0 Å². The summed E-state index contributed by atoms with van der Waals surface area (Å²) in [6.07, 6.45) is -3.81. The van der Waals surface area contributed by atoms with E-state index in [1.54, 1.807) is 4.68 Å². The average Bonchev–Trinajstić information content (AvgIpc) is 2.63. The molecule has 1 aromatic heterocycles. The number of carboxylic acid groups (broad SMARTS) is 1. The Labute approximate surface area is 128 Å². The number of hydrogen-bond acceptors (Lipinski definition) is 3. The smallest absolute Gasteiger partial charge is 0.401 e. The number of aryl methyl sites for hydroxylation is 2. The Morgan fingerprint density at radius 2 is 2.05 bits per heavy atom. The summed E-state index contributed by atoms with van der Waals surface area (Å²) >= 11 is 3.34. The fourth-order valence-corrected chi connectivity index (χ4v) is 2.68. The Kier molecular flexibility index (Phi) is 6.21. The molecule has 0 unspecified atom stereocenters. The van der Waals surface area contributed by atoms with Crippen molar-refractivity contribution in [1.82, 2.24) is 14.7 Å². The van der Waals surface area contributed by atoms with Crippen molar-refractivity contribution in [2.45, 2.75) is 39.5 Å². The van der Waals surface area contributed by atoms with Crippen molar-refractivity contribution < 1.29 is 23.1 Å². The Morgan fingerprint density at radius 3 is 2.48 bits per heavy atom. The zero-order valence-corrected chi connectivity index (χ0v) is 13.3. The third kappa shape index (κ3) is 5.31. The normalized spacial score (nSPS) is 12.1. The predicted octanol–water partition coefficient (Wildman–Crippen LogP) is 2.68. The fraction of sp³-hybridized carbons (Fsp3) is 0.667. The lowest BCUT2D eigenvalue weighted by Gasteiger charge is -2.22. The minimum atomic E-state index is -4.45. The number of alkyl halides is 3. The number of halogens is 4. The first-order chi connectivity index (χ1) is 9.67. The van der Waals surface area contributed by atoms with Gasteiger partial charge in [-0.2, -0.15) is 18.3 Å². The third-order valence-corrected chi connectivity index (χ3v) is 3.74. The Morgan fingerprint density at radius 1 is 1.43 bits per heavy atom. The summed E-state index contributed by atoms with van der Waals surface area (Å²) in [7, 11) is 0. The van der Waals surface area contributed by atoms with Gasteiger partial charge >= 0.3 is 12.1 Å². The SMILES string of the molecule is CCc1nn(CC)c(CN(CC(=O)O)CC(F)(F)F)c1Br. The second kappa shape index (κ2) is 7.26. The highest BCUT2D eigenvalue weighted by atomic mass is 79.9. The van der Waals surface area contributed by atoms with Gasteiger partial charge in [0.25, 0.3) is 0 Å². The van der Waals surface area contributed by atoms with Crippen LogP contribution in [-0.2, 0) is 24.3 Å². The quantitative estimate of drug-likeness (QED) is 0.800. The van der Waals surface area contributed by atoms with Gasteiger partial charge in [0.15, 0.2) is 0 Å². The molecule has 1 aromatic rings. The van der Waals surface area contributed by atoms with Crippen LogP contribution in [0.2, 0.25) is 0 Å². The van der Waals surface area contributed by atoms with Gasteiger partial charge in [-0.1, -0.05) is 6.92 Å². The van der Waals surface area contributed by atoms with Crippen LogP contribution in [0.25, 0.3) is 0 Å². The van der Waals surface area contributed by atoms with Crippen molar-refractivity contribution in [2.24, 2.45) is 0 Å². The molecule has 0 aliphatic carbocycles. The summed E-state index contributed by atoms with van der Waals surface area (Å²) in [6.45, 7) is 2.13. The number of hydrogen-bond donors (Lipinski definition) is 1. The lowest BCUT2D eigenvalue weighted by molar-refractivity contribution is -0.155. The Hall–Kier alpha value is -1.09. The molecule has 5 nitrogen and oxygen atoms in total. The number of rotatable bonds is 7. The van der Waals surface area contributed by atoms with Crippen molar-refractivity contribution >= 4 is 21.9 Å². The predicted molar refractivity (Wildman–Crippen MR) is 73.9 cm³/mol. The van der Waals surface area contributed by atoms with Gasteiger partial charge in [0.1, 0.15) is 0 Å². The van der Waals surface area contributed by atoms with E-state index < -0.39 is 25.2 Å². The summed E-state index contributed by atoms with van der Waals surface area (Å²) in [5.74, 6) is -1.30. The molecule has 0 radical (unpaired) electrons. The summed E-state index contributed by atoms with van der Waals surface area (Å²) in [5, 5.41) is 13.1. The van der Waals surface area contributed by atoms with Crippen LogP contribution in [0.5, 0.6) is 0 Å². The number of aliphatic carboxylic acids is 1. The first-order valence-corrected chi connectivity index (χ1v) is 7.22. The molecule has 1 N–H and O–H groups in total. The van der Waals surface area contributed by atoms with Crippen LogP contribution in [0.4, 0.5) is 13.2 Å². The van der Waals surface area contributed by atoms with E-state index in [-0.39, 0.29) is 6.54 Å². The standard InChI is InChI=1S/C12H17BrF3N3O2/c1-3-8-11(13)9(19(4-2)17-8)5-18(6-10(20)21)7-12(14,15)16/h3-7H2,1-2H3,(H,20,21). The van der Waals surface area contributed by atoms with Crippen LogP contribution in [-0.4, -0.2) is 45.0 Å². The van der Waals surface area contributed by atoms with Gasteiger partial charge in [-0.3, -0.25) is 14.4 Å². The van der Waals surface area contributed by atoms with Crippen molar-refractivity contribution in [1.29, 1.82) is 0 Å². The van der Waals surface area contributed by atoms with Gasteiger partial charge in [-0.05, 0) is 29.3 Å². The molecule has 0 saturated heterocycles. The van der Waals surface area contributed by atoms with E-state index in [1.807, 2.05) is 13.8 Å². The second-order valence-corrected chi connectivity index (χ2v) is 5.32. The number of nitrogens with zero attached hydrogens (tertiary/aromatic N) is 3. The molecule has 0 saturated carbocycles. The van der Waals surface area contributed by atoms with Crippen molar-refractivity contribution in [3.8, 4) is 0 Å². The molecular formula is C12H17BrF3N3O2. The van der Waals surface area contributed by atoms with Crippen LogP contribution in [0.1, 0.15) is 25.2 Å². The molecule has 0 fully saturated rings. The topological polar surface area (TPSA) is 58.4 Å². The zero-order chi connectivity index (χ0) is 16.2. The van der Waals surface area contributed by atoms with E-state index in [9.17, 15) is 18.0 Å². The van der Waals surface area contributed by atoms with Crippen molar-refractivity contribution in [3.05, 3.63) is 15.9 Å². The maximum atomic E-state index is 12.5. The van der Waals surface area contributed by atoms with Gasteiger partial charge in [0, 0.05) is 13.1 Å². The summed E-state index contributed by atoms with van der Waals surface area (Å²) in [5.41, 5.74) is 1.30. The monoisotopic (exact) mass is 371 g/mol. The van der Waals surface area contributed by atoms with Gasteiger partial charge in [0.05, 0.1) is 29.0 Å². The molecule has 0 aliphatic heterocycles. The first-order valence-electron chi connectivity index (χ1n) is 6.42. The Bertz CT molecular complexity index is 503. The van der Waals surface area contributed by atoms with Gasteiger partial charge < -0.3 is 5.11 Å². The fourth-order valence-electron chi connectivity index (χ4n) is 1.99. The van der Waals surface area contributed by atoms with Crippen molar-refractivity contribution in [2.75, 3.05) is 13.1 Å². The van der Waals surface area contributed by atoms with E-state index >= 15 is 0 Å². The highest BCUT2D eigenvalue weighted by Gasteiger charge is 2.32. The Balaban J connectivity index is 3.02. The number of carboxylic acids is 1. The molecule has 9 heteroatoms. The third-order valence-electron chi connectivity index (χ3n) is 2.83. The summed E-state index contributed by atoms with van der Waals surface area (Å²) in [4.78, 5) is 11.6. The van der Waals surface area contributed by atoms with Crippen molar-refractivity contribution in [3.63, 3.8) is 0 Å².